The largest absolute Gasteiger partial charge is 0.368 e. The first-order valence-electron chi connectivity index (χ1n) is 5.22. The maximum Gasteiger partial charge on any atom is 0.268 e. The Morgan fingerprint density at radius 3 is 2.47 bits per heavy atom. The lowest BCUT2D eigenvalue weighted by atomic mass is 10.3. The number of aliphatic imine (C=N–C) groups is 1. The third kappa shape index (κ3) is 2.92. The predicted octanol–water partition coefficient (Wildman–Crippen LogP) is 1.89. The van der Waals surface area contributed by atoms with Crippen LogP contribution in [0, 0.1) is 0 Å². The molecule has 0 aliphatic carbocycles. The van der Waals surface area contributed by atoms with Crippen LogP contribution in [0.2, 0.25) is 0 Å². The number of hydrogen-bond acceptors (Lipinski definition) is 4. The lowest BCUT2D eigenvalue weighted by Crippen LogP contribution is -2.45. The molecule has 0 amide bonds. The van der Waals surface area contributed by atoms with Gasteiger partial charge in [0.1, 0.15) is 5.17 Å². The van der Waals surface area contributed by atoms with Crippen LogP contribution in [0.25, 0.3) is 0 Å². The van der Waals surface area contributed by atoms with Gasteiger partial charge in [-0.3, -0.25) is 9.71 Å². The highest BCUT2D eigenvalue weighted by atomic mass is 35.5. The minimum absolute atomic E-state index is 0.0266. The van der Waals surface area contributed by atoms with Gasteiger partial charge in [-0.15, -0.1) is 0 Å². The molecule has 2 N–H and O–H groups in total. The summed E-state index contributed by atoms with van der Waals surface area (Å²) in [7, 11) is -4.11. The quantitative estimate of drug-likeness (QED) is 0.892. The first kappa shape index (κ1) is 14.3. The third-order valence-corrected chi connectivity index (χ3v) is 4.88. The molecule has 2 rings (SSSR count). The van der Waals surface area contributed by atoms with E-state index in [1.165, 1.54) is 0 Å². The Morgan fingerprint density at radius 1 is 1.26 bits per heavy atom. The van der Waals surface area contributed by atoms with E-state index in [9.17, 15) is 13.5 Å². The lowest BCUT2D eigenvalue weighted by molar-refractivity contribution is 0.182. The highest BCUT2D eigenvalue weighted by molar-refractivity contribution is 7.94. The van der Waals surface area contributed by atoms with E-state index in [1.54, 1.807) is 30.3 Å². The van der Waals surface area contributed by atoms with Gasteiger partial charge in [0, 0.05) is 5.69 Å². The number of hydrogen-bond donors (Lipinski definition) is 2. The molecule has 1 aromatic carbocycles. The van der Waals surface area contributed by atoms with Crippen molar-refractivity contribution in [1.82, 2.24) is 0 Å². The van der Waals surface area contributed by atoms with E-state index < -0.39 is 21.5 Å². The van der Waals surface area contributed by atoms with Crippen LogP contribution in [0.15, 0.2) is 46.4 Å². The van der Waals surface area contributed by atoms with E-state index in [-0.39, 0.29) is 10.2 Å². The van der Waals surface area contributed by atoms with Gasteiger partial charge in [0.2, 0.25) is 4.93 Å². The summed E-state index contributed by atoms with van der Waals surface area (Å²) in [6.45, 7) is -0.412. The van der Waals surface area contributed by atoms with Crippen LogP contribution >= 0.6 is 23.2 Å². The summed E-state index contributed by atoms with van der Waals surface area (Å²) in [4.78, 5) is 1.46. The van der Waals surface area contributed by atoms with Crippen LogP contribution in [0.4, 0.5) is 5.69 Å². The molecule has 0 bridgehead atoms. The van der Waals surface area contributed by atoms with E-state index in [0.717, 1.165) is 6.08 Å². The maximum atomic E-state index is 12.2. The molecule has 0 spiro atoms. The Balaban J connectivity index is 2.31. The number of nitrogens with one attached hydrogen (secondary N) is 1. The zero-order valence-electron chi connectivity index (χ0n) is 9.55. The molecule has 0 radical (unpaired) electrons. The monoisotopic (exact) mass is 320 g/mol. The van der Waals surface area contributed by atoms with Crippen molar-refractivity contribution in [2.75, 3.05) is 11.3 Å². The lowest BCUT2D eigenvalue weighted by Gasteiger charge is -2.26. The van der Waals surface area contributed by atoms with Crippen molar-refractivity contribution in [2.45, 2.75) is 4.93 Å². The molecule has 1 atom stereocenters. The number of para-hydroxylation sites is 1. The van der Waals surface area contributed by atoms with Gasteiger partial charge in [-0.1, -0.05) is 41.4 Å². The molecule has 5 nitrogen and oxygen atoms in total. The molecular weight excluding hydrogens is 311 g/mol. The summed E-state index contributed by atoms with van der Waals surface area (Å²) in [5, 5.41) is 10.0. The smallest absolute Gasteiger partial charge is 0.268 e. The third-order valence-electron chi connectivity index (χ3n) is 2.49. The zero-order chi connectivity index (χ0) is 14.1. The van der Waals surface area contributed by atoms with Gasteiger partial charge in [0.25, 0.3) is 10.0 Å². The number of nitrogens with zero attached hydrogens (tertiary/aromatic N) is 1. The highest BCUT2D eigenvalue weighted by Gasteiger charge is 2.42. The Morgan fingerprint density at radius 2 is 1.89 bits per heavy atom. The number of sulfonamides is 1. The van der Waals surface area contributed by atoms with Gasteiger partial charge in [-0.25, -0.2) is 8.42 Å². The number of aliphatic hydroxyl groups is 1. The molecule has 102 valence electrons. The number of rotatable bonds is 3. The minimum Gasteiger partial charge on any atom is -0.368 e. The average Bonchev–Trinajstić information content (AvgIpc) is 2.35. The molecule has 0 aromatic heterocycles. The Labute approximate surface area is 120 Å². The number of dihydropyridines is 1. The predicted molar refractivity (Wildman–Crippen MR) is 76.0 cm³/mol. The molecule has 1 aliphatic heterocycles. The van der Waals surface area contributed by atoms with Crippen LogP contribution in [-0.2, 0) is 10.0 Å². The van der Waals surface area contributed by atoms with Gasteiger partial charge in [0.15, 0.2) is 0 Å². The van der Waals surface area contributed by atoms with Gasteiger partial charge in [-0.05, 0) is 18.2 Å². The molecule has 19 heavy (non-hydrogen) atoms. The van der Waals surface area contributed by atoms with Crippen molar-refractivity contribution >= 4 is 44.1 Å². The van der Waals surface area contributed by atoms with E-state index >= 15 is 0 Å². The molecule has 1 aromatic rings. The maximum absolute atomic E-state index is 12.2. The Hall–Kier alpha value is -1.08. The highest BCUT2D eigenvalue weighted by Crippen LogP contribution is 2.27. The van der Waals surface area contributed by atoms with E-state index in [1.807, 2.05) is 0 Å². The number of allylic oxidation sites excluding steroid dienone is 1. The summed E-state index contributed by atoms with van der Waals surface area (Å²) in [6, 6.07) is 8.20. The van der Waals surface area contributed by atoms with Crippen molar-refractivity contribution < 1.29 is 13.5 Å². The minimum atomic E-state index is -4.11. The SMILES string of the molecule is O=S(=O)(Nc1ccccc1)C1(O)C=C(Cl)C(Cl)=NC1. The zero-order valence-corrected chi connectivity index (χ0v) is 11.9. The first-order chi connectivity index (χ1) is 8.84. The summed E-state index contributed by atoms with van der Waals surface area (Å²) < 4.78 is 26.6. The van der Waals surface area contributed by atoms with Gasteiger partial charge in [-0.2, -0.15) is 0 Å². The molecule has 1 aliphatic rings. The van der Waals surface area contributed by atoms with Gasteiger partial charge < -0.3 is 5.11 Å². The number of halogens is 2. The average molecular weight is 321 g/mol. The van der Waals surface area contributed by atoms with Crippen molar-refractivity contribution in [3.05, 3.63) is 41.4 Å². The second-order valence-corrected chi connectivity index (χ2v) is 6.60. The van der Waals surface area contributed by atoms with Crippen molar-refractivity contribution in [1.29, 1.82) is 0 Å². The standard InChI is InChI=1S/C11H10Cl2N2O3S/c12-9-6-11(16,7-14-10(9)13)19(17,18)15-8-4-2-1-3-5-8/h1-6,15-16H,7H2. The van der Waals surface area contributed by atoms with Crippen molar-refractivity contribution in [3.8, 4) is 0 Å². The van der Waals surface area contributed by atoms with Crippen LogP contribution < -0.4 is 4.72 Å². The molecule has 1 unspecified atom stereocenters. The molecule has 0 fully saturated rings. The summed E-state index contributed by atoms with van der Waals surface area (Å²) >= 11 is 11.3. The second-order valence-electron chi connectivity index (χ2n) is 3.92. The summed E-state index contributed by atoms with van der Waals surface area (Å²) in [5.41, 5.74) is 0.334. The normalized spacial score (nSPS) is 23.5. The molecule has 0 saturated heterocycles. The van der Waals surface area contributed by atoms with Crippen LogP contribution in [0.1, 0.15) is 0 Å². The molecule has 8 heteroatoms. The first-order valence-corrected chi connectivity index (χ1v) is 7.46. The van der Waals surface area contributed by atoms with Crippen LogP contribution in [0.5, 0.6) is 0 Å². The summed E-state index contributed by atoms with van der Waals surface area (Å²) in [6.07, 6.45) is 0.967. The van der Waals surface area contributed by atoms with E-state index in [0.29, 0.717) is 5.69 Å². The van der Waals surface area contributed by atoms with E-state index in [4.69, 9.17) is 23.2 Å². The fraction of sp³-hybridized carbons (Fsp3) is 0.182. The fourth-order valence-electron chi connectivity index (χ4n) is 1.47. The second kappa shape index (κ2) is 5.13. The Kier molecular flexibility index (Phi) is 3.87. The molecule has 1 heterocycles. The Bertz CT molecular complexity index is 643. The molecular formula is C11H10Cl2N2O3S. The fourth-order valence-corrected chi connectivity index (χ4v) is 3.02. The number of anilines is 1. The van der Waals surface area contributed by atoms with Gasteiger partial charge >= 0.3 is 0 Å². The summed E-state index contributed by atoms with van der Waals surface area (Å²) in [5.74, 6) is 0. The van der Waals surface area contributed by atoms with Crippen molar-refractivity contribution in [2.24, 2.45) is 4.99 Å². The van der Waals surface area contributed by atoms with Crippen LogP contribution in [0.3, 0.4) is 0 Å². The molecule has 0 saturated carbocycles. The topological polar surface area (TPSA) is 78.8 Å². The van der Waals surface area contributed by atoms with E-state index in [2.05, 4.69) is 9.71 Å². The number of benzene rings is 1. The van der Waals surface area contributed by atoms with Gasteiger partial charge in [0.05, 0.1) is 11.6 Å². The van der Waals surface area contributed by atoms with Crippen LogP contribution in [-0.4, -0.2) is 30.2 Å². The van der Waals surface area contributed by atoms with Crippen molar-refractivity contribution in [3.63, 3.8) is 0 Å².